The third-order valence-corrected chi connectivity index (χ3v) is 2.52. The van der Waals surface area contributed by atoms with Gasteiger partial charge in [-0.1, -0.05) is 6.08 Å². The molecule has 0 radical (unpaired) electrons. The normalized spacial score (nSPS) is 10.2. The van der Waals surface area contributed by atoms with Crippen LogP contribution in [0.15, 0.2) is 47.5 Å². The van der Waals surface area contributed by atoms with Crippen molar-refractivity contribution in [2.75, 3.05) is 6.54 Å². The fourth-order valence-electron chi connectivity index (χ4n) is 1.08. The van der Waals surface area contributed by atoms with Gasteiger partial charge in [0.15, 0.2) is 0 Å². The minimum absolute atomic E-state index is 0.169. The second kappa shape index (κ2) is 7.48. The van der Waals surface area contributed by atoms with Gasteiger partial charge >= 0.3 is 5.97 Å². The molecule has 0 saturated heterocycles. The largest absolute Gasteiger partial charge is 0.422 e. The summed E-state index contributed by atoms with van der Waals surface area (Å²) >= 11 is 3.06. The summed E-state index contributed by atoms with van der Waals surface area (Å²) < 4.78 is 18.0. The zero-order valence-corrected chi connectivity index (χ0v) is 11.4. The molecule has 0 atom stereocenters. The molecule has 4 nitrogen and oxygen atoms in total. The Morgan fingerprint density at radius 1 is 1.42 bits per heavy atom. The molecule has 0 spiro atoms. The first-order valence-electron chi connectivity index (χ1n) is 5.26. The maximum Gasteiger partial charge on any atom is 0.336 e. The van der Waals surface area contributed by atoms with Crippen LogP contribution in [-0.4, -0.2) is 18.4 Å². The number of benzene rings is 1. The van der Waals surface area contributed by atoms with Gasteiger partial charge in [-0.15, -0.1) is 6.58 Å². The van der Waals surface area contributed by atoms with Crippen LogP contribution < -0.4 is 10.1 Å². The fraction of sp³-hybridized carbons (Fsp3) is 0.0769. The van der Waals surface area contributed by atoms with E-state index in [-0.39, 0.29) is 5.75 Å². The molecule has 1 rings (SSSR count). The van der Waals surface area contributed by atoms with Crippen LogP contribution in [0.25, 0.3) is 0 Å². The Balaban J connectivity index is 2.57. The van der Waals surface area contributed by atoms with Gasteiger partial charge in [0.25, 0.3) is 0 Å². The highest BCUT2D eigenvalue weighted by Crippen LogP contribution is 2.25. The van der Waals surface area contributed by atoms with Crippen molar-refractivity contribution in [2.24, 2.45) is 0 Å². The van der Waals surface area contributed by atoms with E-state index in [2.05, 4.69) is 27.8 Å². The highest BCUT2D eigenvalue weighted by atomic mass is 79.9. The topological polar surface area (TPSA) is 55.4 Å². The van der Waals surface area contributed by atoms with Gasteiger partial charge in [-0.25, -0.2) is 9.18 Å². The second-order valence-corrected chi connectivity index (χ2v) is 4.22. The molecule has 1 aromatic rings. The van der Waals surface area contributed by atoms with Gasteiger partial charge in [-0.2, -0.15) is 0 Å². The SMILES string of the molecule is C=CCNC(=O)/C=C/C(=O)Oc1ccc(F)cc1Br. The molecular formula is C13H11BrFNO3. The van der Waals surface area contributed by atoms with E-state index in [0.29, 0.717) is 11.0 Å². The molecule has 0 unspecified atom stereocenters. The molecule has 1 aromatic carbocycles. The summed E-state index contributed by atoms with van der Waals surface area (Å²) in [4.78, 5) is 22.6. The molecule has 0 fully saturated rings. The Kier molecular flexibility index (Phi) is 5.95. The second-order valence-electron chi connectivity index (χ2n) is 3.36. The van der Waals surface area contributed by atoms with Crippen LogP contribution in [0, 0.1) is 5.82 Å². The molecule has 0 aliphatic rings. The summed E-state index contributed by atoms with van der Waals surface area (Å²) in [6, 6.07) is 3.64. The van der Waals surface area contributed by atoms with E-state index in [1.165, 1.54) is 18.2 Å². The average molecular weight is 328 g/mol. The lowest BCUT2D eigenvalue weighted by Gasteiger charge is -2.03. The molecule has 1 N–H and O–H groups in total. The van der Waals surface area contributed by atoms with Crippen molar-refractivity contribution in [2.45, 2.75) is 0 Å². The smallest absolute Gasteiger partial charge is 0.336 e. The van der Waals surface area contributed by atoms with Gasteiger partial charge in [-0.3, -0.25) is 4.79 Å². The standard InChI is InChI=1S/C13H11BrFNO3/c1-2-7-16-12(17)5-6-13(18)19-11-4-3-9(15)8-10(11)14/h2-6,8H,1,7H2,(H,16,17)/b6-5+. The summed E-state index contributed by atoms with van der Waals surface area (Å²) in [5, 5.41) is 2.46. The maximum atomic E-state index is 12.8. The first-order valence-corrected chi connectivity index (χ1v) is 6.06. The monoisotopic (exact) mass is 327 g/mol. The van der Waals surface area contributed by atoms with Crippen LogP contribution in [0.1, 0.15) is 0 Å². The quantitative estimate of drug-likeness (QED) is 0.391. The molecule has 0 aliphatic heterocycles. The molecule has 0 bridgehead atoms. The van der Waals surface area contributed by atoms with Gasteiger partial charge < -0.3 is 10.1 Å². The lowest BCUT2D eigenvalue weighted by atomic mass is 10.3. The molecule has 0 aromatic heterocycles. The predicted molar refractivity (Wildman–Crippen MR) is 72.1 cm³/mol. The van der Waals surface area contributed by atoms with Gasteiger partial charge in [0.2, 0.25) is 5.91 Å². The highest BCUT2D eigenvalue weighted by molar-refractivity contribution is 9.10. The number of carbonyl (C=O) groups is 2. The third-order valence-electron chi connectivity index (χ3n) is 1.90. The van der Waals surface area contributed by atoms with E-state index in [1.807, 2.05) is 0 Å². The number of hydrogen-bond donors (Lipinski definition) is 1. The number of hydrogen-bond acceptors (Lipinski definition) is 3. The average Bonchev–Trinajstić information content (AvgIpc) is 2.37. The van der Waals surface area contributed by atoms with E-state index in [4.69, 9.17) is 4.74 Å². The van der Waals surface area contributed by atoms with Crippen molar-refractivity contribution in [3.05, 3.63) is 53.3 Å². The summed E-state index contributed by atoms with van der Waals surface area (Å²) in [7, 11) is 0. The number of esters is 1. The lowest BCUT2D eigenvalue weighted by Crippen LogP contribution is -2.21. The number of amides is 1. The van der Waals surface area contributed by atoms with Crippen LogP contribution >= 0.6 is 15.9 Å². The zero-order chi connectivity index (χ0) is 14.3. The summed E-state index contributed by atoms with van der Waals surface area (Å²) in [6.07, 6.45) is 3.54. The molecular weight excluding hydrogens is 317 g/mol. The predicted octanol–water partition coefficient (Wildman–Crippen LogP) is 2.35. The van der Waals surface area contributed by atoms with Crippen molar-refractivity contribution in [1.82, 2.24) is 5.32 Å². The van der Waals surface area contributed by atoms with Gasteiger partial charge in [0, 0.05) is 18.7 Å². The van der Waals surface area contributed by atoms with Gasteiger partial charge in [0.05, 0.1) is 4.47 Å². The summed E-state index contributed by atoms with van der Waals surface area (Å²) in [5.74, 6) is -1.45. The van der Waals surface area contributed by atoms with E-state index >= 15 is 0 Å². The number of rotatable bonds is 5. The van der Waals surface area contributed by atoms with Crippen molar-refractivity contribution in [3.63, 3.8) is 0 Å². The molecule has 0 aliphatic carbocycles. The van der Waals surface area contributed by atoms with Crippen molar-refractivity contribution in [1.29, 1.82) is 0 Å². The molecule has 1 amide bonds. The first kappa shape index (κ1) is 15.1. The molecule has 0 heterocycles. The Morgan fingerprint density at radius 3 is 2.79 bits per heavy atom. The molecule has 6 heteroatoms. The van der Waals surface area contributed by atoms with Gasteiger partial charge in [-0.05, 0) is 34.1 Å². The lowest BCUT2D eigenvalue weighted by molar-refractivity contribution is -0.129. The third kappa shape index (κ3) is 5.48. The maximum absolute atomic E-state index is 12.8. The van der Waals surface area contributed by atoms with Crippen LogP contribution in [0.3, 0.4) is 0 Å². The van der Waals surface area contributed by atoms with Gasteiger partial charge in [0.1, 0.15) is 11.6 Å². The first-order chi connectivity index (χ1) is 9.02. The van der Waals surface area contributed by atoms with E-state index in [9.17, 15) is 14.0 Å². The summed E-state index contributed by atoms with van der Waals surface area (Å²) in [6.45, 7) is 3.74. The minimum atomic E-state index is -0.735. The number of nitrogens with one attached hydrogen (secondary N) is 1. The molecule has 19 heavy (non-hydrogen) atoms. The molecule has 100 valence electrons. The van der Waals surface area contributed by atoms with Crippen LogP contribution in [0.5, 0.6) is 5.75 Å². The van der Waals surface area contributed by atoms with E-state index < -0.39 is 17.7 Å². The van der Waals surface area contributed by atoms with Crippen LogP contribution in [0.2, 0.25) is 0 Å². The minimum Gasteiger partial charge on any atom is -0.422 e. The summed E-state index contributed by atoms with van der Waals surface area (Å²) in [5.41, 5.74) is 0. The fourth-order valence-corrected chi connectivity index (χ4v) is 1.51. The Hall–Kier alpha value is -1.95. The molecule has 0 saturated carbocycles. The van der Waals surface area contributed by atoms with Crippen molar-refractivity contribution < 1.29 is 18.7 Å². The van der Waals surface area contributed by atoms with E-state index in [1.54, 1.807) is 0 Å². The van der Waals surface area contributed by atoms with Crippen LogP contribution in [-0.2, 0) is 9.59 Å². The zero-order valence-electron chi connectivity index (χ0n) is 9.86. The number of ether oxygens (including phenoxy) is 1. The van der Waals surface area contributed by atoms with E-state index in [0.717, 1.165) is 18.2 Å². The van der Waals surface area contributed by atoms with Crippen molar-refractivity contribution in [3.8, 4) is 5.75 Å². The number of carbonyl (C=O) groups excluding carboxylic acids is 2. The highest BCUT2D eigenvalue weighted by Gasteiger charge is 2.06. The Labute approximate surface area is 118 Å². The Morgan fingerprint density at radius 2 is 2.16 bits per heavy atom. The van der Waals surface area contributed by atoms with Crippen LogP contribution in [0.4, 0.5) is 4.39 Å². The Bertz CT molecular complexity index is 529. The van der Waals surface area contributed by atoms with Crippen molar-refractivity contribution >= 4 is 27.8 Å². The number of halogens is 2.